The number of fused-ring (bicyclic) bond motifs is 4. The Morgan fingerprint density at radius 3 is 2.82 bits per heavy atom. The number of amides is 1. The van der Waals surface area contributed by atoms with Gasteiger partial charge < -0.3 is 14.6 Å². The fourth-order valence-electron chi connectivity index (χ4n) is 6.21. The number of aromatic nitrogens is 1. The Hall–Kier alpha value is -3.35. The number of aromatic amines is 1. The molecule has 2 unspecified atom stereocenters. The summed E-state index contributed by atoms with van der Waals surface area (Å²) in [5, 5.41) is 12.5. The van der Waals surface area contributed by atoms with Crippen molar-refractivity contribution in [3.8, 4) is 5.75 Å². The van der Waals surface area contributed by atoms with Gasteiger partial charge in [0, 0.05) is 36.2 Å². The number of hydrogen-bond donors (Lipinski definition) is 1. The van der Waals surface area contributed by atoms with Crippen molar-refractivity contribution >= 4 is 22.5 Å². The van der Waals surface area contributed by atoms with Crippen LogP contribution in [0.1, 0.15) is 36.1 Å². The maximum atomic E-state index is 12.9. The minimum absolute atomic E-state index is 0.141. The van der Waals surface area contributed by atoms with E-state index in [1.807, 2.05) is 18.2 Å². The zero-order valence-electron chi connectivity index (χ0n) is 18.7. The number of nitro groups is 1. The van der Waals surface area contributed by atoms with Crippen LogP contribution in [0.15, 0.2) is 42.5 Å². The number of carbonyl (C=O) groups excluding carboxylic acids is 1. The van der Waals surface area contributed by atoms with Gasteiger partial charge >= 0.3 is 0 Å². The molecule has 2 fully saturated rings. The van der Waals surface area contributed by atoms with Crippen LogP contribution in [0.25, 0.3) is 10.9 Å². The molecule has 170 valence electrons. The largest absolute Gasteiger partial charge is 0.497 e. The van der Waals surface area contributed by atoms with Crippen LogP contribution in [0.3, 0.4) is 0 Å². The summed E-state index contributed by atoms with van der Waals surface area (Å²) in [6.45, 7) is 1.44. The minimum Gasteiger partial charge on any atom is -0.497 e. The molecule has 3 aromatic rings. The second-order valence-corrected chi connectivity index (χ2v) is 9.81. The summed E-state index contributed by atoms with van der Waals surface area (Å²) < 4.78 is 5.53. The van der Waals surface area contributed by atoms with Crippen LogP contribution < -0.4 is 4.74 Å². The Labute approximate surface area is 191 Å². The molecule has 0 spiro atoms. The maximum Gasteiger partial charge on any atom is 0.279 e. The van der Waals surface area contributed by atoms with Gasteiger partial charge in [-0.05, 0) is 67.3 Å². The Bertz CT molecular complexity index is 1280. The Kier molecular flexibility index (Phi) is 4.50. The lowest BCUT2D eigenvalue weighted by Crippen LogP contribution is -2.55. The third-order valence-corrected chi connectivity index (χ3v) is 8.07. The highest BCUT2D eigenvalue weighted by Crippen LogP contribution is 2.51. The van der Waals surface area contributed by atoms with Gasteiger partial charge in [0.1, 0.15) is 5.75 Å². The first-order chi connectivity index (χ1) is 16.0. The van der Waals surface area contributed by atoms with Crippen molar-refractivity contribution in [1.29, 1.82) is 0 Å². The van der Waals surface area contributed by atoms with E-state index < -0.39 is 0 Å². The quantitative estimate of drug-likeness (QED) is 0.477. The summed E-state index contributed by atoms with van der Waals surface area (Å²) in [6, 6.07) is 13.5. The summed E-state index contributed by atoms with van der Waals surface area (Å²) in [4.78, 5) is 30.0. The van der Waals surface area contributed by atoms with Crippen molar-refractivity contribution in [3.05, 3.63) is 69.4 Å². The van der Waals surface area contributed by atoms with Gasteiger partial charge in [-0.15, -0.1) is 0 Å². The van der Waals surface area contributed by atoms with Crippen molar-refractivity contribution < 1.29 is 14.5 Å². The molecule has 2 aliphatic carbocycles. The summed E-state index contributed by atoms with van der Waals surface area (Å²) >= 11 is 0. The highest BCUT2D eigenvalue weighted by Gasteiger charge is 2.50. The van der Waals surface area contributed by atoms with Gasteiger partial charge in [-0.25, -0.2) is 0 Å². The van der Waals surface area contributed by atoms with Crippen molar-refractivity contribution in [2.45, 2.75) is 37.5 Å². The number of carbonyl (C=O) groups is 1. The minimum atomic E-state index is -0.288. The number of ether oxygens (including phenoxy) is 1. The third kappa shape index (κ3) is 3.13. The van der Waals surface area contributed by atoms with Crippen LogP contribution in [-0.2, 0) is 23.1 Å². The fourth-order valence-corrected chi connectivity index (χ4v) is 6.21. The normalized spacial score (nSPS) is 24.3. The van der Waals surface area contributed by atoms with Crippen LogP contribution in [-0.4, -0.2) is 40.9 Å². The molecular formula is C26H27N3O4. The summed E-state index contributed by atoms with van der Waals surface area (Å²) in [5.41, 5.74) is 4.18. The number of nitrogens with zero attached hydrogens (tertiary/aromatic N) is 2. The summed E-state index contributed by atoms with van der Waals surface area (Å²) in [6.07, 6.45) is 4.36. The zero-order chi connectivity index (χ0) is 22.7. The van der Waals surface area contributed by atoms with Crippen molar-refractivity contribution in [3.63, 3.8) is 0 Å². The van der Waals surface area contributed by atoms with Gasteiger partial charge in [0.25, 0.3) is 5.69 Å². The number of methoxy groups -OCH3 is 1. The van der Waals surface area contributed by atoms with Crippen LogP contribution in [0, 0.1) is 22.0 Å². The second-order valence-electron chi connectivity index (χ2n) is 9.81. The molecule has 2 heterocycles. The Morgan fingerprint density at radius 1 is 1.24 bits per heavy atom. The van der Waals surface area contributed by atoms with Crippen molar-refractivity contribution in [2.24, 2.45) is 11.8 Å². The molecule has 1 saturated carbocycles. The number of rotatable bonds is 4. The number of likely N-dealkylation sites (tertiary alicyclic amines) is 1. The van der Waals surface area contributed by atoms with E-state index >= 15 is 0 Å². The van der Waals surface area contributed by atoms with Gasteiger partial charge in [0.2, 0.25) is 5.91 Å². The lowest BCUT2D eigenvalue weighted by Gasteiger charge is -2.51. The Morgan fingerprint density at radius 2 is 2.06 bits per heavy atom. The van der Waals surface area contributed by atoms with Gasteiger partial charge in [0.15, 0.2) is 0 Å². The highest BCUT2D eigenvalue weighted by atomic mass is 16.6. The smallest absolute Gasteiger partial charge is 0.279 e. The average Bonchev–Trinajstić information content (AvgIpc) is 3.62. The number of non-ortho nitro benzene ring substituents is 1. The van der Waals surface area contributed by atoms with E-state index in [9.17, 15) is 14.9 Å². The molecule has 2 aromatic carbocycles. The SMILES string of the molecule is COc1cccc(C23CCN(C(=O)C4CC4)CC2Cc2c([nH]c4cccc([N+](=O)[O-])c24)C3)c1. The van der Waals surface area contributed by atoms with E-state index in [1.165, 1.54) is 5.56 Å². The standard InChI is InChI=1S/C26H27N3O4/c1-33-19-5-2-4-17(12-19)26-10-11-28(25(30)16-8-9-16)15-18(26)13-20-22(14-26)27-21-6-3-7-23(24(20)21)29(31)32/h2-7,12,16,18,27H,8-11,13-15H2,1H3. The van der Waals surface area contributed by atoms with Gasteiger partial charge in [0.05, 0.1) is 22.9 Å². The molecule has 1 aliphatic heterocycles. The van der Waals surface area contributed by atoms with Crippen LogP contribution in [0.5, 0.6) is 5.75 Å². The summed E-state index contributed by atoms with van der Waals surface area (Å²) in [5.74, 6) is 1.50. The third-order valence-electron chi connectivity index (χ3n) is 8.07. The molecule has 1 N–H and O–H groups in total. The molecular weight excluding hydrogens is 418 g/mol. The molecule has 7 heteroatoms. The molecule has 1 saturated heterocycles. The zero-order valence-corrected chi connectivity index (χ0v) is 18.7. The van der Waals surface area contributed by atoms with Crippen LogP contribution in [0.2, 0.25) is 0 Å². The molecule has 7 nitrogen and oxygen atoms in total. The molecule has 1 aromatic heterocycles. The van der Waals surface area contributed by atoms with E-state index in [0.29, 0.717) is 13.0 Å². The maximum absolute atomic E-state index is 12.9. The van der Waals surface area contributed by atoms with Crippen LogP contribution >= 0.6 is 0 Å². The van der Waals surface area contributed by atoms with Crippen molar-refractivity contribution in [2.75, 3.05) is 20.2 Å². The first-order valence-corrected chi connectivity index (χ1v) is 11.7. The average molecular weight is 446 g/mol. The monoisotopic (exact) mass is 445 g/mol. The first-order valence-electron chi connectivity index (χ1n) is 11.7. The lowest BCUT2D eigenvalue weighted by atomic mass is 9.58. The lowest BCUT2D eigenvalue weighted by molar-refractivity contribution is -0.383. The highest BCUT2D eigenvalue weighted by molar-refractivity contribution is 5.93. The first kappa shape index (κ1) is 20.3. The molecule has 6 rings (SSSR count). The molecule has 0 bridgehead atoms. The Balaban J connectivity index is 1.48. The number of nitrogens with one attached hydrogen (secondary N) is 1. The molecule has 2 atom stereocenters. The molecule has 1 amide bonds. The van der Waals surface area contributed by atoms with Gasteiger partial charge in [-0.3, -0.25) is 14.9 Å². The van der Waals surface area contributed by atoms with Gasteiger partial charge in [-0.1, -0.05) is 18.2 Å². The van der Waals surface area contributed by atoms with Gasteiger partial charge in [-0.2, -0.15) is 0 Å². The predicted octanol–water partition coefficient (Wildman–Crippen LogP) is 4.38. The number of nitro benzene ring substituents is 1. The van der Waals surface area contributed by atoms with E-state index in [4.69, 9.17) is 4.74 Å². The predicted molar refractivity (Wildman–Crippen MR) is 124 cm³/mol. The molecule has 0 radical (unpaired) electrons. The van der Waals surface area contributed by atoms with E-state index in [-0.39, 0.29) is 33.8 Å². The topological polar surface area (TPSA) is 88.5 Å². The van der Waals surface area contributed by atoms with E-state index in [1.54, 1.807) is 19.2 Å². The van der Waals surface area contributed by atoms with E-state index in [2.05, 4.69) is 22.0 Å². The number of hydrogen-bond acceptors (Lipinski definition) is 4. The molecule has 33 heavy (non-hydrogen) atoms. The number of benzene rings is 2. The van der Waals surface area contributed by atoms with E-state index in [0.717, 1.165) is 60.1 Å². The van der Waals surface area contributed by atoms with Crippen molar-refractivity contribution in [1.82, 2.24) is 9.88 Å². The second kappa shape index (κ2) is 7.33. The fraction of sp³-hybridized carbons (Fsp3) is 0.423. The number of H-pyrrole nitrogens is 1. The summed E-state index contributed by atoms with van der Waals surface area (Å²) in [7, 11) is 1.68. The number of piperidine rings is 1. The van der Waals surface area contributed by atoms with Crippen LogP contribution in [0.4, 0.5) is 5.69 Å². The molecule has 3 aliphatic rings.